The fraction of sp³-hybridized carbons (Fsp3) is 0.500. The molecular weight excluding hydrogens is 476 g/mol. The van der Waals surface area contributed by atoms with Gasteiger partial charge in [0.2, 0.25) is 0 Å². The van der Waals surface area contributed by atoms with Crippen molar-refractivity contribution >= 4 is 33.6 Å². The van der Waals surface area contributed by atoms with E-state index >= 15 is 0 Å². The summed E-state index contributed by atoms with van der Waals surface area (Å²) in [7, 11) is 0. The lowest BCUT2D eigenvalue weighted by Crippen LogP contribution is -2.32. The second-order valence-electron chi connectivity index (χ2n) is 12.3. The largest absolute Gasteiger partial charge is 0.383 e. The number of hydrogen-bond acceptors (Lipinski definition) is 7. The number of aryl methyl sites for hydroxylation is 1. The van der Waals surface area contributed by atoms with Gasteiger partial charge >= 0.3 is 0 Å². The van der Waals surface area contributed by atoms with Crippen LogP contribution in [0.5, 0.6) is 0 Å². The van der Waals surface area contributed by atoms with E-state index in [4.69, 9.17) is 20.2 Å². The van der Waals surface area contributed by atoms with Crippen molar-refractivity contribution in [3.8, 4) is 0 Å². The Morgan fingerprint density at radius 3 is 2.84 bits per heavy atom. The molecular formula is C30H34N6O2. The van der Waals surface area contributed by atoms with Crippen molar-refractivity contribution in [1.82, 2.24) is 19.5 Å². The lowest BCUT2D eigenvalue weighted by Gasteiger charge is -2.24. The third-order valence-corrected chi connectivity index (χ3v) is 9.39. The van der Waals surface area contributed by atoms with Crippen molar-refractivity contribution in [2.75, 3.05) is 17.6 Å². The van der Waals surface area contributed by atoms with Gasteiger partial charge in [0, 0.05) is 23.5 Å². The van der Waals surface area contributed by atoms with E-state index in [1.54, 1.807) is 6.33 Å². The average Bonchev–Trinajstić information content (AvgIpc) is 3.77. The highest BCUT2D eigenvalue weighted by Gasteiger charge is 2.75. The highest BCUT2D eigenvalue weighted by atomic mass is 16.8. The van der Waals surface area contributed by atoms with Crippen LogP contribution in [-0.2, 0) is 15.9 Å². The van der Waals surface area contributed by atoms with E-state index in [9.17, 15) is 0 Å². The van der Waals surface area contributed by atoms with Crippen molar-refractivity contribution in [3.63, 3.8) is 0 Å². The van der Waals surface area contributed by atoms with Crippen LogP contribution < -0.4 is 11.1 Å². The predicted molar refractivity (Wildman–Crippen MR) is 147 cm³/mol. The number of nitrogens with zero attached hydrogens (tertiary/aromatic N) is 4. The molecule has 1 saturated heterocycles. The molecule has 3 N–H and O–H groups in total. The molecule has 4 aromatic rings. The number of nitrogens with two attached hydrogens (primary N) is 1. The lowest BCUT2D eigenvalue weighted by molar-refractivity contribution is -0.161. The molecule has 0 bridgehead atoms. The fourth-order valence-corrected chi connectivity index (χ4v) is 7.23. The molecule has 8 nitrogen and oxygen atoms in total. The number of rotatable bonds is 7. The summed E-state index contributed by atoms with van der Waals surface area (Å²) in [6.45, 7) is 5.09. The molecule has 3 saturated carbocycles. The van der Waals surface area contributed by atoms with Gasteiger partial charge in [-0.1, -0.05) is 12.1 Å². The van der Waals surface area contributed by atoms with Crippen molar-refractivity contribution < 1.29 is 9.47 Å². The standard InChI is InChI=1S/C30H34N6O2/c1-29(2)37-25-24(36-12-10-20-27(31)33-16-34-28(20)36)21-14-30(21,26(25)38-29)11-9-17-5-6-19-7-8-23(35-22(19)13-17)32-15-18-3-4-18/h5-8,10,12-13,16,18,21,24-26H,3-4,9,11,14-15H2,1-2H3,(H,32,35)(H2,31,33,34)/t21-,24-,25+,26+,30+/m1/s1. The van der Waals surface area contributed by atoms with Gasteiger partial charge in [0.25, 0.3) is 0 Å². The van der Waals surface area contributed by atoms with Gasteiger partial charge in [0.05, 0.1) is 23.0 Å². The van der Waals surface area contributed by atoms with Crippen LogP contribution in [0.2, 0.25) is 0 Å². The number of nitrogen functional groups attached to an aromatic ring is 1. The molecule has 4 heterocycles. The van der Waals surface area contributed by atoms with Crippen molar-refractivity contribution in [3.05, 3.63) is 54.5 Å². The Morgan fingerprint density at radius 1 is 1.11 bits per heavy atom. The van der Waals surface area contributed by atoms with Gasteiger partial charge in [0.1, 0.15) is 29.7 Å². The second kappa shape index (κ2) is 7.90. The molecule has 0 spiro atoms. The zero-order valence-corrected chi connectivity index (χ0v) is 21.9. The van der Waals surface area contributed by atoms with E-state index in [1.165, 1.54) is 23.8 Å². The van der Waals surface area contributed by atoms with Gasteiger partial charge in [0.15, 0.2) is 5.79 Å². The molecule has 4 fully saturated rings. The van der Waals surface area contributed by atoms with E-state index in [0.717, 1.165) is 54.1 Å². The number of nitrogens with one attached hydrogen (secondary N) is 1. The van der Waals surface area contributed by atoms with Crippen molar-refractivity contribution in [1.29, 1.82) is 0 Å². The van der Waals surface area contributed by atoms with E-state index in [-0.39, 0.29) is 23.7 Å². The molecule has 8 rings (SSSR count). The maximum absolute atomic E-state index is 6.61. The molecule has 1 aromatic carbocycles. The van der Waals surface area contributed by atoms with Crippen LogP contribution in [-0.4, -0.2) is 44.1 Å². The summed E-state index contributed by atoms with van der Waals surface area (Å²) in [5.41, 5.74) is 9.53. The Morgan fingerprint density at radius 2 is 1.97 bits per heavy atom. The quantitative estimate of drug-likeness (QED) is 0.357. The molecule has 8 heteroatoms. The van der Waals surface area contributed by atoms with E-state index in [1.807, 2.05) is 19.9 Å². The minimum atomic E-state index is -0.595. The molecule has 38 heavy (non-hydrogen) atoms. The summed E-state index contributed by atoms with van der Waals surface area (Å²) in [5, 5.41) is 5.60. The zero-order valence-electron chi connectivity index (χ0n) is 21.9. The first kappa shape index (κ1) is 22.7. The highest BCUT2D eigenvalue weighted by molar-refractivity contribution is 5.86. The van der Waals surface area contributed by atoms with Gasteiger partial charge in [-0.3, -0.25) is 0 Å². The predicted octanol–water partition coefficient (Wildman–Crippen LogP) is 5.10. The maximum Gasteiger partial charge on any atom is 0.163 e. The van der Waals surface area contributed by atoms with Gasteiger partial charge in [-0.15, -0.1) is 0 Å². The number of ether oxygens (including phenoxy) is 2. The van der Waals surface area contributed by atoms with Gasteiger partial charge in [-0.2, -0.15) is 0 Å². The van der Waals surface area contributed by atoms with Crippen LogP contribution in [0.25, 0.3) is 21.9 Å². The SMILES string of the molecule is CC1(C)O[C@H]2[C@H](n3ccc4c(N)ncnc43)[C@H]3C[C@]3(CCc3ccc4ccc(NCC5CC5)nc4c3)[C@H]2O1. The van der Waals surface area contributed by atoms with Crippen molar-refractivity contribution in [2.24, 2.45) is 17.3 Å². The van der Waals surface area contributed by atoms with Crippen LogP contribution in [0.4, 0.5) is 11.6 Å². The Balaban J connectivity index is 1.07. The van der Waals surface area contributed by atoms with Crippen LogP contribution >= 0.6 is 0 Å². The van der Waals surface area contributed by atoms with Gasteiger partial charge in [-0.05, 0) is 87.6 Å². The summed E-state index contributed by atoms with van der Waals surface area (Å²) in [5.74, 6) is 2.21. The molecule has 5 atom stereocenters. The number of benzene rings is 1. The highest BCUT2D eigenvalue weighted by Crippen LogP contribution is 2.73. The van der Waals surface area contributed by atoms with Crippen LogP contribution in [0.3, 0.4) is 0 Å². The maximum atomic E-state index is 6.61. The van der Waals surface area contributed by atoms with E-state index < -0.39 is 5.79 Å². The van der Waals surface area contributed by atoms with Crippen LogP contribution in [0.1, 0.15) is 51.1 Å². The lowest BCUT2D eigenvalue weighted by atomic mass is 9.91. The number of aromatic nitrogens is 4. The third-order valence-electron chi connectivity index (χ3n) is 9.39. The molecule has 3 aliphatic carbocycles. The fourth-order valence-electron chi connectivity index (χ4n) is 7.23. The molecule has 1 aliphatic heterocycles. The number of fused-ring (bicyclic) bond motifs is 5. The summed E-state index contributed by atoms with van der Waals surface area (Å²) >= 11 is 0. The molecule has 0 unspecified atom stereocenters. The molecule has 0 radical (unpaired) electrons. The molecule has 196 valence electrons. The van der Waals surface area contributed by atoms with Crippen LogP contribution in [0.15, 0.2) is 48.9 Å². The Hall–Kier alpha value is -3.23. The molecule has 4 aliphatic rings. The summed E-state index contributed by atoms with van der Waals surface area (Å²) in [4.78, 5) is 13.7. The minimum Gasteiger partial charge on any atom is -0.383 e. The second-order valence-corrected chi connectivity index (χ2v) is 12.3. The first-order chi connectivity index (χ1) is 18.4. The first-order valence-electron chi connectivity index (χ1n) is 14.0. The Labute approximate surface area is 221 Å². The Bertz CT molecular complexity index is 1560. The number of hydrogen-bond donors (Lipinski definition) is 2. The summed E-state index contributed by atoms with van der Waals surface area (Å²) in [6.07, 6.45) is 9.59. The van der Waals surface area contributed by atoms with E-state index in [2.05, 4.69) is 56.4 Å². The number of anilines is 2. The normalized spacial score (nSPS) is 31.0. The molecule has 3 aromatic heterocycles. The monoisotopic (exact) mass is 510 g/mol. The van der Waals surface area contributed by atoms with Gasteiger partial charge < -0.3 is 25.1 Å². The number of pyridine rings is 1. The van der Waals surface area contributed by atoms with Gasteiger partial charge in [-0.25, -0.2) is 15.0 Å². The smallest absolute Gasteiger partial charge is 0.163 e. The molecule has 0 amide bonds. The topological polar surface area (TPSA) is 100 Å². The summed E-state index contributed by atoms with van der Waals surface area (Å²) in [6, 6.07) is 13.2. The zero-order chi connectivity index (χ0) is 25.6. The average molecular weight is 511 g/mol. The first-order valence-corrected chi connectivity index (χ1v) is 14.0. The van der Waals surface area contributed by atoms with Crippen LogP contribution in [0, 0.1) is 17.3 Å². The van der Waals surface area contributed by atoms with Crippen molar-refractivity contribution in [2.45, 2.75) is 70.0 Å². The van der Waals surface area contributed by atoms with E-state index in [0.29, 0.717) is 11.7 Å². The third kappa shape index (κ3) is 3.53. The minimum absolute atomic E-state index is 0.00564. The summed E-state index contributed by atoms with van der Waals surface area (Å²) < 4.78 is 15.4. The Kier molecular flexibility index (Phi) is 4.72.